The van der Waals surface area contributed by atoms with Gasteiger partial charge in [-0.05, 0) is 61.7 Å². The second-order valence-electron chi connectivity index (χ2n) is 8.05. The third-order valence-corrected chi connectivity index (χ3v) is 5.60. The van der Waals surface area contributed by atoms with Crippen LogP contribution in [0.25, 0.3) is 0 Å². The quantitative estimate of drug-likeness (QED) is 0.739. The van der Waals surface area contributed by atoms with Crippen LogP contribution in [0, 0.1) is 13.8 Å². The van der Waals surface area contributed by atoms with Gasteiger partial charge < -0.3 is 4.90 Å². The van der Waals surface area contributed by atoms with Crippen LogP contribution in [-0.4, -0.2) is 51.3 Å². The van der Waals surface area contributed by atoms with Crippen LogP contribution in [0.2, 0.25) is 0 Å². The second kappa shape index (κ2) is 8.83. The Morgan fingerprint density at radius 1 is 1.07 bits per heavy atom. The van der Waals surface area contributed by atoms with Crippen molar-refractivity contribution >= 4 is 5.69 Å². The zero-order valence-corrected chi connectivity index (χ0v) is 17.5. The van der Waals surface area contributed by atoms with E-state index in [-0.39, 0.29) is 6.04 Å². The van der Waals surface area contributed by atoms with Crippen LogP contribution in [0.4, 0.5) is 5.69 Å². The smallest absolute Gasteiger partial charge is 0.168 e. The molecule has 1 fully saturated rings. The average molecular weight is 371 g/mol. The summed E-state index contributed by atoms with van der Waals surface area (Å²) in [5, 5.41) is 12.6. The van der Waals surface area contributed by atoms with Crippen LogP contribution >= 0.6 is 0 Å². The van der Waals surface area contributed by atoms with Gasteiger partial charge >= 0.3 is 0 Å². The monoisotopic (exact) mass is 370 g/mol. The number of aryl methyl sites for hydroxylation is 2. The minimum absolute atomic E-state index is 0.287. The highest BCUT2D eigenvalue weighted by Gasteiger charge is 2.29. The van der Waals surface area contributed by atoms with Gasteiger partial charge in [0.25, 0.3) is 0 Å². The first-order chi connectivity index (χ1) is 13.0. The lowest BCUT2D eigenvalue weighted by Crippen LogP contribution is -2.48. The maximum atomic E-state index is 4.42. The Bertz CT molecular complexity index is 730. The van der Waals surface area contributed by atoms with Gasteiger partial charge in [0.2, 0.25) is 0 Å². The molecule has 6 nitrogen and oxygen atoms in total. The lowest BCUT2D eigenvalue weighted by molar-refractivity contribution is 0.161. The Balaban J connectivity index is 1.74. The molecule has 1 aromatic carbocycles. The van der Waals surface area contributed by atoms with Crippen LogP contribution in [0.5, 0.6) is 0 Å². The van der Waals surface area contributed by atoms with Gasteiger partial charge in [-0.2, -0.15) is 0 Å². The van der Waals surface area contributed by atoms with Gasteiger partial charge in [0.15, 0.2) is 5.82 Å². The van der Waals surface area contributed by atoms with Crippen LogP contribution in [0.3, 0.4) is 0 Å². The van der Waals surface area contributed by atoms with Gasteiger partial charge in [0.1, 0.15) is 0 Å². The molecule has 3 rings (SSSR count). The van der Waals surface area contributed by atoms with E-state index in [9.17, 15) is 0 Å². The van der Waals surface area contributed by atoms with E-state index in [4.69, 9.17) is 0 Å². The molecule has 2 heterocycles. The molecule has 0 amide bonds. The predicted octanol–water partition coefficient (Wildman–Crippen LogP) is 3.92. The third-order valence-electron chi connectivity index (χ3n) is 5.60. The van der Waals surface area contributed by atoms with E-state index in [0.29, 0.717) is 6.04 Å². The first kappa shape index (κ1) is 19.8. The van der Waals surface area contributed by atoms with Gasteiger partial charge in [-0.15, -0.1) is 5.10 Å². The van der Waals surface area contributed by atoms with Crippen LogP contribution in [0.15, 0.2) is 18.2 Å². The maximum Gasteiger partial charge on any atom is 0.168 e. The molecular formula is C21H34N6. The summed E-state index contributed by atoms with van der Waals surface area (Å²) < 4.78 is 2.00. The van der Waals surface area contributed by atoms with Crippen molar-refractivity contribution in [1.82, 2.24) is 25.1 Å². The Morgan fingerprint density at radius 2 is 1.81 bits per heavy atom. The molecule has 0 radical (unpaired) electrons. The maximum absolute atomic E-state index is 4.42. The van der Waals surface area contributed by atoms with E-state index >= 15 is 0 Å². The van der Waals surface area contributed by atoms with Gasteiger partial charge in [-0.1, -0.05) is 31.9 Å². The molecule has 0 aliphatic carbocycles. The highest BCUT2D eigenvalue weighted by atomic mass is 15.6. The van der Waals surface area contributed by atoms with Crippen molar-refractivity contribution in [3.05, 3.63) is 35.2 Å². The summed E-state index contributed by atoms with van der Waals surface area (Å²) in [4.78, 5) is 5.11. The van der Waals surface area contributed by atoms with Gasteiger partial charge in [-0.25, -0.2) is 4.68 Å². The van der Waals surface area contributed by atoms with Gasteiger partial charge in [0.05, 0.1) is 12.1 Å². The number of hydrogen-bond acceptors (Lipinski definition) is 5. The minimum atomic E-state index is 0.287. The molecule has 1 aromatic heterocycles. The lowest BCUT2D eigenvalue weighted by atomic mass is 10.0. The third kappa shape index (κ3) is 4.49. The van der Waals surface area contributed by atoms with E-state index in [2.05, 4.69) is 78.1 Å². The van der Waals surface area contributed by atoms with Crippen molar-refractivity contribution in [2.45, 2.75) is 66.0 Å². The summed E-state index contributed by atoms with van der Waals surface area (Å²) >= 11 is 0. The Hall–Kier alpha value is -1.95. The fraction of sp³-hybridized carbons (Fsp3) is 0.667. The number of piperazine rings is 1. The Kier molecular flexibility index (Phi) is 6.47. The van der Waals surface area contributed by atoms with E-state index in [1.165, 1.54) is 29.7 Å². The van der Waals surface area contributed by atoms with Crippen molar-refractivity contribution in [3.8, 4) is 0 Å². The Labute approximate surface area is 163 Å². The summed E-state index contributed by atoms with van der Waals surface area (Å²) in [6.45, 7) is 15.1. The number of benzene rings is 1. The van der Waals surface area contributed by atoms with Crippen LogP contribution < -0.4 is 4.90 Å². The fourth-order valence-corrected chi connectivity index (χ4v) is 3.99. The highest BCUT2D eigenvalue weighted by molar-refractivity contribution is 5.55. The number of unbranched alkanes of at least 4 members (excludes halogenated alkanes) is 1. The number of nitrogens with zero attached hydrogens (tertiary/aromatic N) is 6. The molecule has 0 N–H and O–H groups in total. The molecule has 1 atom stereocenters. The van der Waals surface area contributed by atoms with Crippen LogP contribution in [-0.2, 0) is 0 Å². The molecule has 2 aromatic rings. The topological polar surface area (TPSA) is 50.1 Å². The Morgan fingerprint density at radius 3 is 2.48 bits per heavy atom. The largest absolute Gasteiger partial charge is 0.369 e. The molecule has 0 saturated carbocycles. The summed E-state index contributed by atoms with van der Waals surface area (Å²) in [7, 11) is 0. The zero-order chi connectivity index (χ0) is 19.4. The molecule has 0 spiro atoms. The normalized spacial score (nSPS) is 16.9. The molecule has 0 bridgehead atoms. The standard InChI is InChI=1S/C21H34N6/c1-6-7-8-19(21-22-23-24-27(21)16(2)3)25-11-13-26(14-12-25)20-15-17(4)9-10-18(20)5/h9-10,15-16,19H,6-8,11-14H2,1-5H3. The molecular weight excluding hydrogens is 336 g/mol. The van der Waals surface area contributed by atoms with Crippen molar-refractivity contribution in [2.24, 2.45) is 0 Å². The summed E-state index contributed by atoms with van der Waals surface area (Å²) in [6, 6.07) is 7.34. The highest BCUT2D eigenvalue weighted by Crippen LogP contribution is 2.29. The lowest BCUT2D eigenvalue weighted by Gasteiger charge is -2.40. The van der Waals surface area contributed by atoms with E-state index in [1.807, 2.05) is 4.68 Å². The number of anilines is 1. The fourth-order valence-electron chi connectivity index (χ4n) is 3.99. The average Bonchev–Trinajstić information content (AvgIpc) is 3.14. The molecule has 148 valence electrons. The van der Waals surface area contributed by atoms with Crippen LogP contribution in [0.1, 0.15) is 69.1 Å². The number of rotatable bonds is 7. The van der Waals surface area contributed by atoms with E-state index < -0.39 is 0 Å². The van der Waals surface area contributed by atoms with Crippen molar-refractivity contribution < 1.29 is 0 Å². The van der Waals surface area contributed by atoms with Crippen molar-refractivity contribution in [3.63, 3.8) is 0 Å². The van der Waals surface area contributed by atoms with E-state index in [1.54, 1.807) is 0 Å². The molecule has 1 aliphatic heterocycles. The summed E-state index contributed by atoms with van der Waals surface area (Å²) in [5.41, 5.74) is 4.07. The molecule has 1 unspecified atom stereocenters. The zero-order valence-electron chi connectivity index (χ0n) is 17.5. The summed E-state index contributed by atoms with van der Waals surface area (Å²) in [5.74, 6) is 1.03. The summed E-state index contributed by atoms with van der Waals surface area (Å²) in [6.07, 6.45) is 3.52. The number of hydrogen-bond donors (Lipinski definition) is 0. The first-order valence-electron chi connectivity index (χ1n) is 10.3. The first-order valence-corrected chi connectivity index (χ1v) is 10.3. The SMILES string of the molecule is CCCCC(c1nnnn1C(C)C)N1CCN(c2cc(C)ccc2C)CC1. The van der Waals surface area contributed by atoms with Crippen molar-refractivity contribution in [1.29, 1.82) is 0 Å². The molecule has 1 aliphatic rings. The molecule has 1 saturated heterocycles. The second-order valence-corrected chi connectivity index (χ2v) is 8.05. The van der Waals surface area contributed by atoms with Gasteiger partial charge in [0, 0.05) is 31.9 Å². The van der Waals surface area contributed by atoms with Gasteiger partial charge in [-0.3, -0.25) is 4.90 Å². The minimum Gasteiger partial charge on any atom is -0.369 e. The van der Waals surface area contributed by atoms with Crippen molar-refractivity contribution in [2.75, 3.05) is 31.1 Å². The number of tetrazole rings is 1. The molecule has 6 heteroatoms. The predicted molar refractivity (Wildman–Crippen MR) is 110 cm³/mol. The molecule has 27 heavy (non-hydrogen) atoms. The van der Waals surface area contributed by atoms with E-state index in [0.717, 1.165) is 38.4 Å². The number of aromatic nitrogens is 4.